The van der Waals surface area contributed by atoms with E-state index in [-0.39, 0.29) is 15.7 Å². The van der Waals surface area contributed by atoms with Crippen molar-refractivity contribution in [2.75, 3.05) is 0 Å². The normalized spacial score (nSPS) is 59.7. The van der Waals surface area contributed by atoms with Gasteiger partial charge in [0.25, 0.3) is 0 Å². The van der Waals surface area contributed by atoms with Gasteiger partial charge in [0.2, 0.25) is 0 Å². The first kappa shape index (κ1) is 7.21. The summed E-state index contributed by atoms with van der Waals surface area (Å²) in [5.41, 5.74) is 0. The molecule has 0 aliphatic carbocycles. The van der Waals surface area contributed by atoms with Crippen LogP contribution in [0.25, 0.3) is 0 Å². The van der Waals surface area contributed by atoms with Gasteiger partial charge in [-0.25, -0.2) is 0 Å². The highest BCUT2D eigenvalue weighted by atomic mass is 32.2. The average molecular weight is 200 g/mol. The van der Waals surface area contributed by atoms with Crippen molar-refractivity contribution in [2.24, 2.45) is 5.92 Å². The van der Waals surface area contributed by atoms with Crippen LogP contribution in [-0.4, -0.2) is 24.2 Å². The van der Waals surface area contributed by atoms with E-state index in [1.165, 1.54) is 0 Å². The molecule has 3 heterocycles. The summed E-state index contributed by atoms with van der Waals surface area (Å²) < 4.78 is 23.1. The molecular weight excluding hydrogens is 192 g/mol. The highest BCUT2D eigenvalue weighted by Crippen LogP contribution is 2.43. The van der Waals surface area contributed by atoms with Crippen molar-refractivity contribution in [3.63, 3.8) is 0 Å². The van der Waals surface area contributed by atoms with Crippen LogP contribution < -0.4 is 0 Å². The molecule has 6 atom stereocenters. The Balaban J connectivity index is 2.13. The first-order valence-electron chi connectivity index (χ1n) is 3.94. The fraction of sp³-hybridized carbons (Fsp3) is 0.500. The van der Waals surface area contributed by atoms with E-state index in [4.69, 9.17) is 0 Å². The van der Waals surface area contributed by atoms with Gasteiger partial charge in [0.05, 0.1) is 26.5 Å². The SMILES string of the molecule is O=S1C=CC2C1C1C=CC2S1=O. The monoisotopic (exact) mass is 200 g/mol. The van der Waals surface area contributed by atoms with Gasteiger partial charge in [0.1, 0.15) is 0 Å². The molecule has 0 saturated carbocycles. The Morgan fingerprint density at radius 2 is 1.75 bits per heavy atom. The molecule has 3 rings (SSSR count). The molecule has 64 valence electrons. The van der Waals surface area contributed by atoms with E-state index in [9.17, 15) is 8.42 Å². The van der Waals surface area contributed by atoms with Gasteiger partial charge >= 0.3 is 0 Å². The number of rotatable bonds is 0. The van der Waals surface area contributed by atoms with Crippen molar-refractivity contribution >= 4 is 21.6 Å². The molecule has 1 fully saturated rings. The zero-order valence-electron chi connectivity index (χ0n) is 6.25. The first-order valence-corrected chi connectivity index (χ1v) is 6.50. The zero-order valence-corrected chi connectivity index (χ0v) is 7.88. The lowest BCUT2D eigenvalue weighted by atomic mass is 9.94. The summed E-state index contributed by atoms with van der Waals surface area (Å²) >= 11 is 0. The maximum absolute atomic E-state index is 11.6. The van der Waals surface area contributed by atoms with E-state index >= 15 is 0 Å². The van der Waals surface area contributed by atoms with E-state index in [1.54, 1.807) is 5.41 Å². The Morgan fingerprint density at radius 3 is 2.50 bits per heavy atom. The summed E-state index contributed by atoms with van der Waals surface area (Å²) in [5, 5.41) is 2.11. The standard InChI is InChI=1S/C8H8O2S2/c9-11-4-3-5-6-1-2-7(8(5)11)12(6)10/h1-8H. The minimum atomic E-state index is -0.873. The molecule has 0 spiro atoms. The van der Waals surface area contributed by atoms with Crippen LogP contribution in [0.3, 0.4) is 0 Å². The van der Waals surface area contributed by atoms with Gasteiger partial charge in [-0.05, 0) is 5.41 Å². The predicted octanol–water partition coefficient (Wildman–Crippen LogP) is 0.317. The third-order valence-electron chi connectivity index (χ3n) is 2.81. The number of fused-ring (bicyclic) bond motifs is 5. The van der Waals surface area contributed by atoms with Crippen molar-refractivity contribution in [1.29, 1.82) is 0 Å². The van der Waals surface area contributed by atoms with Crippen molar-refractivity contribution in [1.82, 2.24) is 0 Å². The fourth-order valence-electron chi connectivity index (χ4n) is 2.25. The zero-order chi connectivity index (χ0) is 8.29. The van der Waals surface area contributed by atoms with Crippen LogP contribution >= 0.6 is 0 Å². The molecule has 4 heteroatoms. The smallest absolute Gasteiger partial charge is 0.0687 e. The molecule has 2 bridgehead atoms. The molecule has 3 aliphatic rings. The van der Waals surface area contributed by atoms with Crippen molar-refractivity contribution in [3.05, 3.63) is 23.6 Å². The molecule has 1 saturated heterocycles. The predicted molar refractivity (Wildman–Crippen MR) is 49.4 cm³/mol. The highest BCUT2D eigenvalue weighted by Gasteiger charge is 2.53. The number of allylic oxidation sites excluding steroid dienone is 1. The summed E-state index contributed by atoms with van der Waals surface area (Å²) in [6, 6.07) is 0. The third kappa shape index (κ3) is 0.661. The molecule has 0 aromatic heterocycles. The second-order valence-corrected chi connectivity index (χ2v) is 6.56. The quantitative estimate of drug-likeness (QED) is 0.528. The van der Waals surface area contributed by atoms with Crippen molar-refractivity contribution in [3.8, 4) is 0 Å². The van der Waals surface area contributed by atoms with E-state index in [1.807, 2.05) is 18.2 Å². The lowest BCUT2D eigenvalue weighted by Crippen LogP contribution is -2.27. The lowest BCUT2D eigenvalue weighted by molar-refractivity contribution is 0.632. The summed E-state index contributed by atoms with van der Waals surface area (Å²) in [6.07, 6.45) is 5.98. The molecule has 0 N–H and O–H groups in total. The lowest BCUT2D eigenvalue weighted by Gasteiger charge is -2.15. The van der Waals surface area contributed by atoms with Crippen LogP contribution in [0.1, 0.15) is 0 Å². The van der Waals surface area contributed by atoms with Crippen LogP contribution in [-0.2, 0) is 21.6 Å². The van der Waals surface area contributed by atoms with Crippen LogP contribution in [0, 0.1) is 5.92 Å². The molecule has 6 unspecified atom stereocenters. The maximum atomic E-state index is 11.6. The van der Waals surface area contributed by atoms with Gasteiger partial charge < -0.3 is 0 Å². The maximum Gasteiger partial charge on any atom is 0.0687 e. The van der Waals surface area contributed by atoms with Crippen molar-refractivity contribution < 1.29 is 8.42 Å². The molecule has 0 amide bonds. The summed E-state index contributed by atoms with van der Waals surface area (Å²) in [4.78, 5) is 0. The van der Waals surface area contributed by atoms with Crippen LogP contribution in [0.4, 0.5) is 0 Å². The second-order valence-electron chi connectivity index (χ2n) is 3.34. The summed E-state index contributed by atoms with van der Waals surface area (Å²) in [6.45, 7) is 0. The van der Waals surface area contributed by atoms with Crippen molar-refractivity contribution in [2.45, 2.75) is 15.7 Å². The average Bonchev–Trinajstić information content (AvgIpc) is 2.66. The van der Waals surface area contributed by atoms with Gasteiger partial charge in [-0.15, -0.1) is 0 Å². The molecule has 0 aromatic rings. The number of hydrogen-bond acceptors (Lipinski definition) is 2. The van der Waals surface area contributed by atoms with Gasteiger partial charge in [-0.3, -0.25) is 8.42 Å². The molecule has 3 aliphatic heterocycles. The first-order chi connectivity index (χ1) is 5.79. The van der Waals surface area contributed by atoms with Crippen LogP contribution in [0.15, 0.2) is 23.6 Å². The Morgan fingerprint density at radius 1 is 1.00 bits per heavy atom. The minimum Gasteiger partial charge on any atom is -0.258 e. The third-order valence-corrected chi connectivity index (χ3v) is 6.55. The highest BCUT2D eigenvalue weighted by molar-refractivity contribution is 7.93. The Hall–Kier alpha value is -0.220. The van der Waals surface area contributed by atoms with Gasteiger partial charge in [0, 0.05) is 16.7 Å². The van der Waals surface area contributed by atoms with E-state index in [0.29, 0.717) is 5.92 Å². The van der Waals surface area contributed by atoms with Gasteiger partial charge in [-0.2, -0.15) is 0 Å². The van der Waals surface area contributed by atoms with E-state index < -0.39 is 21.6 Å². The van der Waals surface area contributed by atoms with Crippen LogP contribution in [0.2, 0.25) is 0 Å². The molecular formula is C8H8O2S2. The van der Waals surface area contributed by atoms with Gasteiger partial charge in [0.15, 0.2) is 0 Å². The number of hydrogen-bond donors (Lipinski definition) is 0. The topological polar surface area (TPSA) is 34.1 Å². The largest absolute Gasteiger partial charge is 0.258 e. The molecule has 2 nitrogen and oxygen atoms in total. The molecule has 0 aromatic carbocycles. The summed E-state index contributed by atoms with van der Waals surface area (Å²) in [7, 11) is -1.66. The van der Waals surface area contributed by atoms with E-state index in [0.717, 1.165) is 0 Å². The minimum absolute atomic E-state index is 0.0656. The van der Waals surface area contributed by atoms with Gasteiger partial charge in [-0.1, -0.05) is 18.2 Å². The fourth-order valence-corrected chi connectivity index (χ4v) is 6.32. The second kappa shape index (κ2) is 2.17. The molecule has 12 heavy (non-hydrogen) atoms. The summed E-state index contributed by atoms with van der Waals surface area (Å²) in [5.74, 6) is 0.293. The van der Waals surface area contributed by atoms with E-state index in [2.05, 4.69) is 0 Å². The van der Waals surface area contributed by atoms with Crippen LogP contribution in [0.5, 0.6) is 0 Å². The molecule has 0 radical (unpaired) electrons. The Labute approximate surface area is 75.6 Å². The Kier molecular flexibility index (Phi) is 1.31. The Bertz CT molecular complexity index is 345.